The molecule has 2 unspecified atom stereocenters. The fraction of sp³-hybridized carbons (Fsp3) is 0.364. The number of rotatable bonds is 4. The summed E-state index contributed by atoms with van der Waals surface area (Å²) in [7, 11) is 0. The number of halogens is 3. The second kappa shape index (κ2) is 8.17. The number of hydrogen-bond donors (Lipinski definition) is 1. The number of carbonyl (C=O) groups excluding carboxylic acids is 2. The van der Waals surface area contributed by atoms with Gasteiger partial charge in [-0.15, -0.1) is 0 Å². The van der Waals surface area contributed by atoms with Gasteiger partial charge >= 0.3 is 0 Å². The Bertz CT molecular complexity index is 952. The van der Waals surface area contributed by atoms with Gasteiger partial charge in [0.05, 0.1) is 10.0 Å². The molecule has 0 saturated heterocycles. The van der Waals surface area contributed by atoms with Crippen LogP contribution in [0.3, 0.4) is 0 Å². The normalized spacial score (nSPS) is 17.3. The van der Waals surface area contributed by atoms with Crippen molar-refractivity contribution < 1.29 is 9.59 Å². The van der Waals surface area contributed by atoms with Crippen molar-refractivity contribution in [2.75, 3.05) is 6.54 Å². The highest BCUT2D eigenvalue weighted by atomic mass is 35.5. The Labute approximate surface area is 186 Å². The topological polar surface area (TPSA) is 49.4 Å². The van der Waals surface area contributed by atoms with Gasteiger partial charge in [-0.3, -0.25) is 9.59 Å². The molecule has 0 fully saturated rings. The number of fused-ring (bicyclic) bond motifs is 1. The maximum absolute atomic E-state index is 13.2. The van der Waals surface area contributed by atoms with Crippen LogP contribution in [-0.2, 0) is 4.79 Å². The summed E-state index contributed by atoms with van der Waals surface area (Å²) in [5, 5.41) is 4.24. The molecule has 2 atom stereocenters. The number of carbonyl (C=O) groups is 2. The molecule has 29 heavy (non-hydrogen) atoms. The van der Waals surface area contributed by atoms with E-state index in [1.165, 1.54) is 0 Å². The minimum atomic E-state index is -0.763. The Morgan fingerprint density at radius 2 is 1.69 bits per heavy atom. The lowest BCUT2D eigenvalue weighted by Crippen LogP contribution is -2.47. The van der Waals surface area contributed by atoms with Crippen LogP contribution in [-0.4, -0.2) is 28.8 Å². The molecular weight excluding hydrogens is 431 g/mol. The zero-order valence-corrected chi connectivity index (χ0v) is 19.0. The Kier molecular flexibility index (Phi) is 6.19. The van der Waals surface area contributed by atoms with Crippen LogP contribution >= 0.6 is 34.8 Å². The average molecular weight is 454 g/mol. The van der Waals surface area contributed by atoms with Gasteiger partial charge < -0.3 is 10.2 Å². The largest absolute Gasteiger partial charge is 0.349 e. The number of nitrogens with one attached hydrogen (secondary N) is 1. The number of hydrogen-bond acceptors (Lipinski definition) is 2. The van der Waals surface area contributed by atoms with Crippen LogP contribution in [0.2, 0.25) is 15.1 Å². The van der Waals surface area contributed by atoms with E-state index in [0.717, 1.165) is 5.56 Å². The van der Waals surface area contributed by atoms with E-state index >= 15 is 0 Å². The van der Waals surface area contributed by atoms with Crippen LogP contribution in [0.15, 0.2) is 36.4 Å². The van der Waals surface area contributed by atoms with Gasteiger partial charge in [-0.25, -0.2) is 0 Å². The first-order chi connectivity index (χ1) is 13.5. The van der Waals surface area contributed by atoms with E-state index in [4.69, 9.17) is 34.8 Å². The summed E-state index contributed by atoms with van der Waals surface area (Å²) in [4.78, 5) is 27.9. The molecule has 1 N–H and O–H groups in total. The van der Waals surface area contributed by atoms with Crippen LogP contribution in [0.25, 0.3) is 0 Å². The third-order valence-electron chi connectivity index (χ3n) is 4.85. The summed E-state index contributed by atoms with van der Waals surface area (Å²) < 4.78 is 0. The van der Waals surface area contributed by atoms with Crippen molar-refractivity contribution in [1.82, 2.24) is 10.2 Å². The molecule has 7 heteroatoms. The van der Waals surface area contributed by atoms with Crippen LogP contribution in [0, 0.1) is 0 Å². The Morgan fingerprint density at radius 3 is 2.28 bits per heavy atom. The number of benzene rings is 2. The van der Waals surface area contributed by atoms with Crippen molar-refractivity contribution in [3.05, 3.63) is 68.2 Å². The summed E-state index contributed by atoms with van der Waals surface area (Å²) in [6, 6.07) is 9.90. The van der Waals surface area contributed by atoms with Crippen molar-refractivity contribution in [1.29, 1.82) is 0 Å². The summed E-state index contributed by atoms with van der Waals surface area (Å²) in [6.07, 6.45) is 0. The predicted octanol–water partition coefficient (Wildman–Crippen LogP) is 5.86. The molecule has 0 spiro atoms. The van der Waals surface area contributed by atoms with Gasteiger partial charge in [0.1, 0.15) is 6.04 Å². The molecule has 0 radical (unpaired) electrons. The number of nitrogens with zero attached hydrogens (tertiary/aromatic N) is 1. The van der Waals surface area contributed by atoms with Crippen LogP contribution in [0.5, 0.6) is 0 Å². The molecule has 2 aromatic carbocycles. The first kappa shape index (κ1) is 21.9. The van der Waals surface area contributed by atoms with E-state index in [1.54, 1.807) is 17.0 Å². The lowest BCUT2D eigenvalue weighted by atomic mass is 9.99. The maximum atomic E-state index is 13.2. The Balaban J connectivity index is 1.98. The zero-order valence-electron chi connectivity index (χ0n) is 16.7. The van der Waals surface area contributed by atoms with Crippen molar-refractivity contribution in [2.24, 2.45) is 0 Å². The van der Waals surface area contributed by atoms with Crippen LogP contribution in [0.4, 0.5) is 0 Å². The molecule has 2 amide bonds. The summed E-state index contributed by atoms with van der Waals surface area (Å²) in [5.74, 6) is -0.471. The first-order valence-corrected chi connectivity index (χ1v) is 10.5. The summed E-state index contributed by atoms with van der Waals surface area (Å²) in [5.41, 5.74) is 1.59. The summed E-state index contributed by atoms with van der Waals surface area (Å²) >= 11 is 18.3. The highest BCUT2D eigenvalue weighted by Crippen LogP contribution is 2.40. The third kappa shape index (κ3) is 4.71. The predicted molar refractivity (Wildman–Crippen MR) is 118 cm³/mol. The van der Waals surface area contributed by atoms with Gasteiger partial charge in [-0.05, 0) is 62.1 Å². The van der Waals surface area contributed by atoms with Gasteiger partial charge in [0.25, 0.3) is 5.91 Å². The molecule has 2 aromatic rings. The molecule has 3 rings (SSSR count). The minimum Gasteiger partial charge on any atom is -0.349 e. The van der Waals surface area contributed by atoms with Crippen molar-refractivity contribution in [2.45, 2.75) is 45.2 Å². The third-order valence-corrected chi connectivity index (χ3v) is 5.82. The number of amides is 2. The van der Waals surface area contributed by atoms with Gasteiger partial charge in [-0.2, -0.15) is 0 Å². The zero-order chi connectivity index (χ0) is 21.5. The van der Waals surface area contributed by atoms with Crippen molar-refractivity contribution in [3.8, 4) is 0 Å². The van der Waals surface area contributed by atoms with Gasteiger partial charge in [0.2, 0.25) is 5.91 Å². The smallest absolute Gasteiger partial charge is 0.255 e. The highest BCUT2D eigenvalue weighted by Gasteiger charge is 2.43. The lowest BCUT2D eigenvalue weighted by Gasteiger charge is -2.30. The Morgan fingerprint density at radius 1 is 1.10 bits per heavy atom. The molecule has 1 heterocycles. The standard InChI is InChI=1S/C22H23Cl3N2O2/c1-12(13-5-7-14(23)8-6-13)11-27-19(20(28)26-22(2,3)4)15-9-17(24)18(25)10-16(15)21(27)29/h5-10,12,19H,11H2,1-4H3,(H,26,28). The van der Waals surface area contributed by atoms with Crippen LogP contribution < -0.4 is 5.32 Å². The van der Waals surface area contributed by atoms with Gasteiger partial charge in [-0.1, -0.05) is 53.9 Å². The molecule has 4 nitrogen and oxygen atoms in total. The van der Waals surface area contributed by atoms with E-state index in [-0.39, 0.29) is 17.7 Å². The van der Waals surface area contributed by atoms with Gasteiger partial charge in [0, 0.05) is 22.7 Å². The van der Waals surface area contributed by atoms with Crippen molar-refractivity contribution in [3.63, 3.8) is 0 Å². The SMILES string of the molecule is CC(CN1C(=O)c2cc(Cl)c(Cl)cc2C1C(=O)NC(C)(C)C)c1ccc(Cl)cc1. The first-order valence-electron chi connectivity index (χ1n) is 9.35. The van der Waals surface area contributed by atoms with E-state index in [2.05, 4.69) is 5.32 Å². The fourth-order valence-electron chi connectivity index (χ4n) is 3.51. The molecule has 1 aliphatic rings. The molecule has 1 aliphatic heterocycles. The lowest BCUT2D eigenvalue weighted by molar-refractivity contribution is -0.127. The second-order valence-corrected chi connectivity index (χ2v) is 9.66. The molecule has 154 valence electrons. The fourth-order valence-corrected chi connectivity index (χ4v) is 3.98. The van der Waals surface area contributed by atoms with E-state index in [9.17, 15) is 9.59 Å². The minimum absolute atomic E-state index is 0.00131. The molecule has 0 aromatic heterocycles. The molecule has 0 bridgehead atoms. The maximum Gasteiger partial charge on any atom is 0.255 e. The van der Waals surface area contributed by atoms with Crippen LogP contribution in [0.1, 0.15) is 61.1 Å². The molecular formula is C22H23Cl3N2O2. The Hall–Kier alpha value is -1.75. The second-order valence-electron chi connectivity index (χ2n) is 8.41. The quantitative estimate of drug-likeness (QED) is 0.630. The van der Waals surface area contributed by atoms with E-state index < -0.39 is 11.6 Å². The van der Waals surface area contributed by atoms with E-state index in [1.807, 2.05) is 52.0 Å². The monoisotopic (exact) mass is 452 g/mol. The van der Waals surface area contributed by atoms with Crippen molar-refractivity contribution >= 4 is 46.6 Å². The molecule has 0 aliphatic carbocycles. The van der Waals surface area contributed by atoms with E-state index in [0.29, 0.717) is 32.7 Å². The highest BCUT2D eigenvalue weighted by molar-refractivity contribution is 6.42. The summed E-state index contributed by atoms with van der Waals surface area (Å²) in [6.45, 7) is 8.08. The average Bonchev–Trinajstić information content (AvgIpc) is 2.86. The molecule has 0 saturated carbocycles. The van der Waals surface area contributed by atoms with Gasteiger partial charge in [0.15, 0.2) is 0 Å².